The Morgan fingerprint density at radius 3 is 2.36 bits per heavy atom. The molecule has 112 valence electrons. The van der Waals surface area contributed by atoms with Crippen molar-refractivity contribution in [1.29, 1.82) is 0 Å². The maximum absolute atomic E-state index is 5.35. The van der Waals surface area contributed by atoms with Gasteiger partial charge in [0.1, 0.15) is 5.75 Å². The van der Waals surface area contributed by atoms with Gasteiger partial charge in [0.15, 0.2) is 0 Å². The van der Waals surface area contributed by atoms with Gasteiger partial charge in [0.05, 0.1) is 7.11 Å². The Bertz CT molecular complexity index is 802. The minimum absolute atomic E-state index is 0.927. The van der Waals surface area contributed by atoms with Crippen LogP contribution in [0.15, 0.2) is 54.6 Å². The van der Waals surface area contributed by atoms with E-state index in [1.165, 1.54) is 33.0 Å². The number of hydrogen-bond acceptors (Lipinski definition) is 1. The number of methoxy groups -OCH3 is 1. The molecule has 0 radical (unpaired) electrons. The number of ether oxygens (including phenoxy) is 1. The van der Waals surface area contributed by atoms with Crippen molar-refractivity contribution in [2.45, 2.75) is 26.7 Å². The molecule has 0 amide bonds. The summed E-state index contributed by atoms with van der Waals surface area (Å²) < 4.78 is 5.35. The van der Waals surface area contributed by atoms with Gasteiger partial charge in [-0.15, -0.1) is 0 Å². The van der Waals surface area contributed by atoms with Crippen LogP contribution in [0.3, 0.4) is 0 Å². The number of rotatable bonds is 4. The zero-order valence-electron chi connectivity index (χ0n) is 13.5. The maximum atomic E-state index is 5.35. The highest BCUT2D eigenvalue weighted by Gasteiger charge is 2.07. The van der Waals surface area contributed by atoms with Gasteiger partial charge in [-0.25, -0.2) is 0 Å². The smallest absolute Gasteiger partial charge is 0.119 e. The topological polar surface area (TPSA) is 9.23 Å². The summed E-state index contributed by atoms with van der Waals surface area (Å²) in [5, 5.41) is 2.68. The van der Waals surface area contributed by atoms with E-state index in [1.807, 2.05) is 6.07 Å². The maximum Gasteiger partial charge on any atom is 0.119 e. The average molecular weight is 290 g/mol. The predicted octanol–water partition coefficient (Wildman–Crippen LogP) is 5.64. The van der Waals surface area contributed by atoms with Crippen molar-refractivity contribution >= 4 is 10.8 Å². The zero-order valence-corrected chi connectivity index (χ0v) is 13.5. The summed E-state index contributed by atoms with van der Waals surface area (Å²) in [5.74, 6) is 0.927. The molecule has 0 heterocycles. The molecular weight excluding hydrogens is 268 g/mol. The molecule has 0 aliphatic carbocycles. The van der Waals surface area contributed by atoms with Crippen molar-refractivity contribution < 1.29 is 4.74 Å². The fourth-order valence-corrected chi connectivity index (χ4v) is 3.08. The van der Waals surface area contributed by atoms with Crippen molar-refractivity contribution in [3.8, 4) is 16.9 Å². The molecule has 3 aromatic rings. The van der Waals surface area contributed by atoms with E-state index in [9.17, 15) is 0 Å². The van der Waals surface area contributed by atoms with Crippen LogP contribution >= 0.6 is 0 Å². The van der Waals surface area contributed by atoms with Gasteiger partial charge in [0.25, 0.3) is 0 Å². The van der Waals surface area contributed by atoms with Crippen molar-refractivity contribution in [1.82, 2.24) is 0 Å². The van der Waals surface area contributed by atoms with Crippen LogP contribution < -0.4 is 4.74 Å². The molecule has 0 fully saturated rings. The molecule has 0 N–H and O–H groups in total. The quantitative estimate of drug-likeness (QED) is 0.604. The molecule has 0 aliphatic rings. The number of fused-ring (bicyclic) bond motifs is 1. The molecule has 3 rings (SSSR count). The first-order chi connectivity index (χ1) is 10.8. The van der Waals surface area contributed by atoms with E-state index >= 15 is 0 Å². The molecule has 0 spiro atoms. The van der Waals surface area contributed by atoms with Gasteiger partial charge >= 0.3 is 0 Å². The van der Waals surface area contributed by atoms with E-state index in [0.717, 1.165) is 18.6 Å². The van der Waals surface area contributed by atoms with Crippen molar-refractivity contribution in [3.05, 3.63) is 65.7 Å². The molecular formula is C21H22O. The third-order valence-electron chi connectivity index (χ3n) is 4.36. The Kier molecular flexibility index (Phi) is 4.15. The van der Waals surface area contributed by atoms with Crippen LogP contribution in [-0.4, -0.2) is 7.11 Å². The van der Waals surface area contributed by atoms with Gasteiger partial charge in [-0.1, -0.05) is 50.2 Å². The average Bonchev–Trinajstić information content (AvgIpc) is 2.60. The van der Waals surface area contributed by atoms with Gasteiger partial charge in [-0.05, 0) is 64.1 Å². The van der Waals surface area contributed by atoms with Crippen LogP contribution in [0.4, 0.5) is 0 Å². The van der Waals surface area contributed by atoms with E-state index in [0.29, 0.717) is 0 Å². The normalized spacial score (nSPS) is 10.9. The second kappa shape index (κ2) is 6.23. The van der Waals surface area contributed by atoms with E-state index in [1.54, 1.807) is 7.11 Å². The highest BCUT2D eigenvalue weighted by atomic mass is 16.5. The summed E-state index contributed by atoms with van der Waals surface area (Å²) in [7, 11) is 1.72. The van der Waals surface area contributed by atoms with Gasteiger partial charge in [-0.2, -0.15) is 0 Å². The first-order valence-corrected chi connectivity index (χ1v) is 7.95. The van der Waals surface area contributed by atoms with Gasteiger partial charge < -0.3 is 4.74 Å². The fourth-order valence-electron chi connectivity index (χ4n) is 3.08. The summed E-state index contributed by atoms with van der Waals surface area (Å²) in [4.78, 5) is 0. The van der Waals surface area contributed by atoms with E-state index < -0.39 is 0 Å². The lowest BCUT2D eigenvalue weighted by atomic mass is 9.94. The summed E-state index contributed by atoms with van der Waals surface area (Å²) in [5.41, 5.74) is 5.32. The van der Waals surface area contributed by atoms with Gasteiger partial charge in [-0.3, -0.25) is 0 Å². The van der Waals surface area contributed by atoms with Crippen LogP contribution in [-0.2, 0) is 12.8 Å². The monoisotopic (exact) mass is 290 g/mol. The summed E-state index contributed by atoms with van der Waals surface area (Å²) in [6, 6.07) is 19.7. The second-order valence-corrected chi connectivity index (χ2v) is 5.58. The summed E-state index contributed by atoms with van der Waals surface area (Å²) in [6.07, 6.45) is 2.06. The minimum Gasteiger partial charge on any atom is -0.497 e. The van der Waals surface area contributed by atoms with Crippen molar-refractivity contribution in [2.75, 3.05) is 7.11 Å². The Morgan fingerprint density at radius 2 is 1.64 bits per heavy atom. The van der Waals surface area contributed by atoms with Crippen LogP contribution in [0, 0.1) is 0 Å². The summed E-state index contributed by atoms with van der Waals surface area (Å²) in [6.45, 7) is 4.41. The lowest BCUT2D eigenvalue weighted by Gasteiger charge is -2.12. The Labute approximate surface area is 132 Å². The highest BCUT2D eigenvalue weighted by Crippen LogP contribution is 2.31. The Balaban J connectivity index is 2.18. The molecule has 1 heteroatoms. The molecule has 0 bridgehead atoms. The lowest BCUT2D eigenvalue weighted by molar-refractivity contribution is 0.414. The SMILES string of the molecule is CCc1cc(OC)ccc1-c1ccc2cccc(CC)c2c1. The molecule has 0 aliphatic heterocycles. The summed E-state index contributed by atoms with van der Waals surface area (Å²) >= 11 is 0. The third kappa shape index (κ3) is 2.59. The number of aryl methyl sites for hydroxylation is 2. The second-order valence-electron chi connectivity index (χ2n) is 5.58. The Morgan fingerprint density at radius 1 is 0.818 bits per heavy atom. The van der Waals surface area contributed by atoms with E-state index in [4.69, 9.17) is 4.74 Å². The first-order valence-electron chi connectivity index (χ1n) is 7.95. The van der Waals surface area contributed by atoms with Crippen LogP contribution in [0.5, 0.6) is 5.75 Å². The van der Waals surface area contributed by atoms with Crippen LogP contribution in [0.1, 0.15) is 25.0 Å². The molecule has 0 saturated carbocycles. The largest absolute Gasteiger partial charge is 0.497 e. The Hall–Kier alpha value is -2.28. The third-order valence-corrected chi connectivity index (χ3v) is 4.36. The van der Waals surface area contributed by atoms with Gasteiger partial charge in [0, 0.05) is 0 Å². The van der Waals surface area contributed by atoms with E-state index in [-0.39, 0.29) is 0 Å². The fraction of sp³-hybridized carbons (Fsp3) is 0.238. The number of benzene rings is 3. The minimum atomic E-state index is 0.927. The number of hydrogen-bond donors (Lipinski definition) is 0. The first kappa shape index (κ1) is 14.6. The van der Waals surface area contributed by atoms with Crippen molar-refractivity contribution in [3.63, 3.8) is 0 Å². The van der Waals surface area contributed by atoms with E-state index in [2.05, 4.69) is 62.4 Å². The lowest BCUT2D eigenvalue weighted by Crippen LogP contribution is -1.91. The molecule has 0 atom stereocenters. The molecule has 22 heavy (non-hydrogen) atoms. The molecule has 0 saturated heterocycles. The molecule has 0 unspecified atom stereocenters. The zero-order chi connectivity index (χ0) is 15.5. The van der Waals surface area contributed by atoms with Crippen LogP contribution in [0.2, 0.25) is 0 Å². The molecule has 0 aromatic heterocycles. The van der Waals surface area contributed by atoms with Crippen molar-refractivity contribution in [2.24, 2.45) is 0 Å². The highest BCUT2D eigenvalue weighted by molar-refractivity contribution is 5.90. The van der Waals surface area contributed by atoms with Gasteiger partial charge in [0.2, 0.25) is 0 Å². The molecule has 1 nitrogen and oxygen atoms in total. The predicted molar refractivity (Wildman–Crippen MR) is 94.7 cm³/mol. The van der Waals surface area contributed by atoms with Crippen LogP contribution in [0.25, 0.3) is 21.9 Å². The standard InChI is InChI=1S/C21H22O/c1-4-15-7-6-8-17-9-10-18(14-21(15)17)20-12-11-19(22-3)13-16(20)5-2/h6-14H,4-5H2,1-3H3. The molecule has 3 aromatic carbocycles.